The highest BCUT2D eigenvalue weighted by molar-refractivity contribution is 5.82. The van der Waals surface area contributed by atoms with Gasteiger partial charge in [0.15, 0.2) is 0 Å². The second-order valence-electron chi connectivity index (χ2n) is 4.64. The van der Waals surface area contributed by atoms with Crippen LogP contribution in [0.2, 0.25) is 0 Å². The van der Waals surface area contributed by atoms with Crippen molar-refractivity contribution in [1.29, 1.82) is 0 Å². The van der Waals surface area contributed by atoms with Gasteiger partial charge in [0.2, 0.25) is 5.91 Å². The van der Waals surface area contributed by atoms with Gasteiger partial charge in [-0.3, -0.25) is 9.69 Å². The molecule has 94 valence electrons. The number of methoxy groups -OCH3 is 1. The van der Waals surface area contributed by atoms with Crippen molar-refractivity contribution in [1.82, 2.24) is 15.1 Å². The summed E-state index contributed by atoms with van der Waals surface area (Å²) in [6, 6.07) is -0.0351. The molecule has 0 aromatic rings. The van der Waals surface area contributed by atoms with E-state index in [1.54, 1.807) is 7.11 Å². The molecule has 1 amide bonds. The second kappa shape index (κ2) is 6.18. The number of nitrogens with zero attached hydrogens (tertiary/aromatic N) is 2. The fourth-order valence-corrected chi connectivity index (χ4v) is 1.95. The van der Waals surface area contributed by atoms with Gasteiger partial charge >= 0.3 is 0 Å². The number of hydrogen-bond donors (Lipinski definition) is 1. The summed E-state index contributed by atoms with van der Waals surface area (Å²) >= 11 is 0. The number of likely N-dealkylation sites (tertiary alicyclic amines) is 1. The maximum Gasteiger partial charge on any atom is 0.237 e. The van der Waals surface area contributed by atoms with Gasteiger partial charge in [-0.1, -0.05) is 0 Å². The van der Waals surface area contributed by atoms with Crippen molar-refractivity contribution in [2.24, 2.45) is 0 Å². The molecule has 0 aromatic carbocycles. The molecular weight excluding hydrogens is 206 g/mol. The molecule has 1 saturated heterocycles. The molecule has 16 heavy (non-hydrogen) atoms. The molecular formula is C11H23N3O2. The molecule has 0 unspecified atom stereocenters. The number of rotatable bonds is 5. The van der Waals surface area contributed by atoms with E-state index in [-0.39, 0.29) is 18.1 Å². The van der Waals surface area contributed by atoms with Crippen LogP contribution >= 0.6 is 0 Å². The zero-order valence-corrected chi connectivity index (χ0v) is 10.7. The Balaban J connectivity index is 2.31. The van der Waals surface area contributed by atoms with Crippen molar-refractivity contribution < 1.29 is 9.53 Å². The van der Waals surface area contributed by atoms with E-state index in [4.69, 9.17) is 4.74 Å². The van der Waals surface area contributed by atoms with Crippen molar-refractivity contribution in [2.75, 3.05) is 47.9 Å². The SMILES string of the molecule is CO[C@H]1C[C@@H](C(=O)NCCN(C)C)N(C)C1. The highest BCUT2D eigenvalue weighted by Gasteiger charge is 2.34. The minimum Gasteiger partial charge on any atom is -0.380 e. The summed E-state index contributed by atoms with van der Waals surface area (Å²) in [5.41, 5.74) is 0. The van der Waals surface area contributed by atoms with Crippen LogP contribution in [0, 0.1) is 0 Å². The normalized spacial score (nSPS) is 26.3. The number of ether oxygens (including phenoxy) is 1. The topological polar surface area (TPSA) is 44.8 Å². The summed E-state index contributed by atoms with van der Waals surface area (Å²) in [6.45, 7) is 2.41. The monoisotopic (exact) mass is 229 g/mol. The number of nitrogens with one attached hydrogen (secondary N) is 1. The average Bonchev–Trinajstić information content (AvgIpc) is 2.59. The fourth-order valence-electron chi connectivity index (χ4n) is 1.95. The minimum absolute atomic E-state index is 0.0351. The van der Waals surface area contributed by atoms with Gasteiger partial charge in [0.05, 0.1) is 12.1 Å². The van der Waals surface area contributed by atoms with Gasteiger partial charge in [-0.2, -0.15) is 0 Å². The molecule has 1 fully saturated rings. The predicted octanol–water partition coefficient (Wildman–Crippen LogP) is -0.617. The van der Waals surface area contributed by atoms with Crippen LogP contribution in [-0.2, 0) is 9.53 Å². The van der Waals surface area contributed by atoms with Crippen LogP contribution in [0.4, 0.5) is 0 Å². The molecule has 5 nitrogen and oxygen atoms in total. The Morgan fingerprint density at radius 3 is 2.75 bits per heavy atom. The lowest BCUT2D eigenvalue weighted by molar-refractivity contribution is -0.125. The zero-order chi connectivity index (χ0) is 12.1. The minimum atomic E-state index is -0.0351. The standard InChI is InChI=1S/C11H23N3O2/c1-13(2)6-5-12-11(15)10-7-9(16-4)8-14(10)3/h9-10H,5-8H2,1-4H3,(H,12,15)/t9-,10-/m0/s1. The lowest BCUT2D eigenvalue weighted by atomic mass is 10.2. The Hall–Kier alpha value is -0.650. The Morgan fingerprint density at radius 2 is 2.25 bits per heavy atom. The van der Waals surface area contributed by atoms with E-state index in [0.29, 0.717) is 6.54 Å². The third-order valence-electron chi connectivity index (χ3n) is 3.00. The van der Waals surface area contributed by atoms with Crippen LogP contribution in [0.3, 0.4) is 0 Å². The molecule has 1 aliphatic rings. The maximum absolute atomic E-state index is 11.9. The van der Waals surface area contributed by atoms with Crippen molar-refractivity contribution in [3.8, 4) is 0 Å². The van der Waals surface area contributed by atoms with Crippen LogP contribution in [0.25, 0.3) is 0 Å². The van der Waals surface area contributed by atoms with E-state index in [0.717, 1.165) is 19.5 Å². The third-order valence-corrected chi connectivity index (χ3v) is 3.00. The van der Waals surface area contributed by atoms with Crippen molar-refractivity contribution >= 4 is 5.91 Å². The Kier molecular flexibility index (Phi) is 5.18. The lowest BCUT2D eigenvalue weighted by Gasteiger charge is -2.19. The smallest absolute Gasteiger partial charge is 0.237 e. The Morgan fingerprint density at radius 1 is 1.56 bits per heavy atom. The quantitative estimate of drug-likeness (QED) is 0.683. The van der Waals surface area contributed by atoms with E-state index >= 15 is 0 Å². The number of carbonyl (C=O) groups is 1. The largest absolute Gasteiger partial charge is 0.380 e. The number of hydrogen-bond acceptors (Lipinski definition) is 4. The van der Waals surface area contributed by atoms with Gasteiger partial charge in [0.1, 0.15) is 0 Å². The first-order valence-corrected chi connectivity index (χ1v) is 5.70. The summed E-state index contributed by atoms with van der Waals surface area (Å²) in [5.74, 6) is 0.115. The molecule has 0 aromatic heterocycles. The number of amides is 1. The molecule has 0 spiro atoms. The molecule has 1 aliphatic heterocycles. The van der Waals surface area contributed by atoms with E-state index < -0.39 is 0 Å². The summed E-state index contributed by atoms with van der Waals surface area (Å²) < 4.78 is 5.27. The van der Waals surface area contributed by atoms with Crippen LogP contribution in [0.1, 0.15) is 6.42 Å². The summed E-state index contributed by atoms with van der Waals surface area (Å²) in [7, 11) is 7.66. The van der Waals surface area contributed by atoms with Gasteiger partial charge < -0.3 is 15.0 Å². The molecule has 0 bridgehead atoms. The number of likely N-dealkylation sites (N-methyl/N-ethyl adjacent to an activating group) is 2. The summed E-state index contributed by atoms with van der Waals surface area (Å²) in [4.78, 5) is 16.0. The molecule has 1 N–H and O–H groups in total. The first-order valence-electron chi connectivity index (χ1n) is 5.70. The zero-order valence-electron chi connectivity index (χ0n) is 10.7. The molecule has 2 atom stereocenters. The highest BCUT2D eigenvalue weighted by Crippen LogP contribution is 2.17. The van der Waals surface area contributed by atoms with Crippen LogP contribution in [0.15, 0.2) is 0 Å². The molecule has 0 saturated carbocycles. The van der Waals surface area contributed by atoms with E-state index in [9.17, 15) is 4.79 Å². The predicted molar refractivity (Wildman–Crippen MR) is 63.4 cm³/mol. The lowest BCUT2D eigenvalue weighted by Crippen LogP contribution is -2.43. The van der Waals surface area contributed by atoms with Crippen LogP contribution in [0.5, 0.6) is 0 Å². The van der Waals surface area contributed by atoms with E-state index in [1.165, 1.54) is 0 Å². The Bertz CT molecular complexity index is 233. The maximum atomic E-state index is 11.9. The molecule has 0 radical (unpaired) electrons. The molecule has 0 aliphatic carbocycles. The van der Waals surface area contributed by atoms with Crippen LogP contribution < -0.4 is 5.32 Å². The first-order chi connectivity index (χ1) is 7.54. The van der Waals surface area contributed by atoms with Crippen molar-refractivity contribution in [2.45, 2.75) is 18.6 Å². The number of carbonyl (C=O) groups excluding carboxylic acids is 1. The molecule has 1 heterocycles. The molecule has 1 rings (SSSR count). The second-order valence-corrected chi connectivity index (χ2v) is 4.64. The van der Waals surface area contributed by atoms with E-state index in [2.05, 4.69) is 15.1 Å². The molecule has 5 heteroatoms. The average molecular weight is 229 g/mol. The van der Waals surface area contributed by atoms with Gasteiger partial charge in [-0.25, -0.2) is 0 Å². The summed E-state index contributed by atoms with van der Waals surface area (Å²) in [6.07, 6.45) is 0.982. The Labute approximate surface area is 97.7 Å². The van der Waals surface area contributed by atoms with Crippen molar-refractivity contribution in [3.05, 3.63) is 0 Å². The van der Waals surface area contributed by atoms with Gasteiger partial charge in [0, 0.05) is 26.7 Å². The van der Waals surface area contributed by atoms with Gasteiger partial charge in [0.25, 0.3) is 0 Å². The van der Waals surface area contributed by atoms with Gasteiger partial charge in [-0.15, -0.1) is 0 Å². The highest BCUT2D eigenvalue weighted by atomic mass is 16.5. The summed E-state index contributed by atoms with van der Waals surface area (Å²) in [5, 5.41) is 2.95. The first kappa shape index (κ1) is 13.4. The fraction of sp³-hybridized carbons (Fsp3) is 0.909. The van der Waals surface area contributed by atoms with Crippen molar-refractivity contribution in [3.63, 3.8) is 0 Å². The van der Waals surface area contributed by atoms with E-state index in [1.807, 2.05) is 21.1 Å². The van der Waals surface area contributed by atoms with Gasteiger partial charge in [-0.05, 0) is 27.6 Å². The van der Waals surface area contributed by atoms with Crippen LogP contribution in [-0.4, -0.2) is 75.7 Å². The third kappa shape index (κ3) is 3.73.